The summed E-state index contributed by atoms with van der Waals surface area (Å²) in [7, 11) is 0. The number of allylic oxidation sites excluding steroid dienone is 1. The largest absolute Gasteiger partial charge is 0.377 e. The fourth-order valence-corrected chi connectivity index (χ4v) is 4.11. The number of fused-ring (bicyclic) bond motifs is 1. The van der Waals surface area contributed by atoms with E-state index >= 15 is 0 Å². The van der Waals surface area contributed by atoms with E-state index in [4.69, 9.17) is 16.3 Å². The summed E-state index contributed by atoms with van der Waals surface area (Å²) < 4.78 is 5.40. The number of piperidine rings is 1. The molecule has 2 fully saturated rings. The van der Waals surface area contributed by atoms with Crippen molar-refractivity contribution < 1.29 is 4.74 Å². The lowest BCUT2D eigenvalue weighted by molar-refractivity contribution is -0.136. The molecule has 5 heteroatoms. The molecule has 0 amide bonds. The molecule has 2 saturated heterocycles. The summed E-state index contributed by atoms with van der Waals surface area (Å²) in [6.45, 7) is 13.4. The van der Waals surface area contributed by atoms with Crippen LogP contribution >= 0.6 is 11.6 Å². The fraction of sp³-hybridized carbons (Fsp3) is 0.524. The van der Waals surface area contributed by atoms with Gasteiger partial charge in [0.25, 0.3) is 0 Å². The SMILES string of the molecule is C=CC.Cc1ncc2cc(Cl)c(C3CCN(C4(C)COC4)CC3)cc2n1. The molecule has 0 bridgehead atoms. The first-order valence-corrected chi connectivity index (χ1v) is 9.67. The average molecular weight is 374 g/mol. The van der Waals surface area contributed by atoms with Gasteiger partial charge in [-0.05, 0) is 70.3 Å². The third kappa shape index (κ3) is 3.93. The summed E-state index contributed by atoms with van der Waals surface area (Å²) in [5.41, 5.74) is 2.49. The summed E-state index contributed by atoms with van der Waals surface area (Å²) in [6.07, 6.45) is 5.89. The Morgan fingerprint density at radius 2 is 1.96 bits per heavy atom. The number of likely N-dealkylation sites (tertiary alicyclic amines) is 1. The Kier molecular flexibility index (Phi) is 5.96. The van der Waals surface area contributed by atoms with Crippen LogP contribution in [0, 0.1) is 6.92 Å². The number of aromatic nitrogens is 2. The Labute approximate surface area is 161 Å². The number of nitrogens with zero attached hydrogens (tertiary/aromatic N) is 3. The molecule has 4 nitrogen and oxygen atoms in total. The highest BCUT2D eigenvalue weighted by Crippen LogP contribution is 2.37. The minimum Gasteiger partial charge on any atom is -0.377 e. The Hall–Kier alpha value is -1.49. The van der Waals surface area contributed by atoms with E-state index in [2.05, 4.69) is 34.4 Å². The quantitative estimate of drug-likeness (QED) is 0.712. The van der Waals surface area contributed by atoms with Crippen molar-refractivity contribution in [3.8, 4) is 0 Å². The lowest BCUT2D eigenvalue weighted by Crippen LogP contribution is -2.61. The van der Waals surface area contributed by atoms with Crippen molar-refractivity contribution in [3.05, 3.63) is 47.4 Å². The van der Waals surface area contributed by atoms with Crippen LogP contribution in [0.15, 0.2) is 31.0 Å². The van der Waals surface area contributed by atoms with E-state index in [1.807, 2.05) is 26.1 Å². The van der Waals surface area contributed by atoms with Crippen molar-refractivity contribution >= 4 is 22.5 Å². The molecule has 0 N–H and O–H groups in total. The number of ether oxygens (including phenoxy) is 1. The van der Waals surface area contributed by atoms with Crippen LogP contribution in [0.1, 0.15) is 44.0 Å². The predicted octanol–water partition coefficient (Wildman–Crippen LogP) is 4.75. The third-order valence-electron chi connectivity index (χ3n) is 5.34. The van der Waals surface area contributed by atoms with E-state index in [1.165, 1.54) is 5.56 Å². The van der Waals surface area contributed by atoms with Crippen molar-refractivity contribution in [2.45, 2.75) is 45.1 Å². The molecule has 1 aromatic carbocycles. The van der Waals surface area contributed by atoms with E-state index in [0.717, 1.165) is 60.9 Å². The van der Waals surface area contributed by atoms with E-state index < -0.39 is 0 Å². The third-order valence-corrected chi connectivity index (χ3v) is 5.67. The highest BCUT2D eigenvalue weighted by Gasteiger charge is 2.41. The van der Waals surface area contributed by atoms with Crippen LogP contribution in [0.3, 0.4) is 0 Å². The molecule has 0 saturated carbocycles. The topological polar surface area (TPSA) is 38.2 Å². The molecule has 4 rings (SSSR count). The van der Waals surface area contributed by atoms with Crippen molar-refractivity contribution in [1.82, 2.24) is 14.9 Å². The first-order valence-electron chi connectivity index (χ1n) is 9.29. The number of hydrogen-bond acceptors (Lipinski definition) is 4. The molecule has 26 heavy (non-hydrogen) atoms. The second kappa shape index (κ2) is 8.03. The molecular formula is C21H28ClN3O. The van der Waals surface area contributed by atoms with Crippen LogP contribution in [0.2, 0.25) is 5.02 Å². The van der Waals surface area contributed by atoms with E-state index in [0.29, 0.717) is 5.92 Å². The number of aryl methyl sites for hydroxylation is 1. The van der Waals surface area contributed by atoms with Gasteiger partial charge in [-0.1, -0.05) is 17.7 Å². The maximum atomic E-state index is 6.55. The standard InChI is InChI=1S/C18H22ClN3O.C3H6/c1-12-20-9-14-7-16(19)15(8-17(14)21-12)13-3-5-22(6-4-13)18(2)10-23-11-18;1-3-2/h7-9,13H,3-6,10-11H2,1-2H3;3H,1H2,2H3. The lowest BCUT2D eigenvalue weighted by atomic mass is 9.86. The van der Waals surface area contributed by atoms with Crippen LogP contribution < -0.4 is 0 Å². The molecule has 0 spiro atoms. The van der Waals surface area contributed by atoms with E-state index in [-0.39, 0.29) is 5.54 Å². The molecule has 3 heterocycles. The van der Waals surface area contributed by atoms with Gasteiger partial charge >= 0.3 is 0 Å². The van der Waals surface area contributed by atoms with Crippen LogP contribution in [0.5, 0.6) is 0 Å². The van der Waals surface area contributed by atoms with Gasteiger partial charge in [0.05, 0.1) is 24.3 Å². The highest BCUT2D eigenvalue weighted by molar-refractivity contribution is 6.32. The first-order chi connectivity index (χ1) is 12.5. The smallest absolute Gasteiger partial charge is 0.125 e. The zero-order valence-electron chi connectivity index (χ0n) is 16.0. The minimum atomic E-state index is 0.252. The number of halogens is 1. The maximum absolute atomic E-state index is 6.55. The van der Waals surface area contributed by atoms with Crippen LogP contribution in [-0.4, -0.2) is 46.7 Å². The van der Waals surface area contributed by atoms with Crippen molar-refractivity contribution in [1.29, 1.82) is 0 Å². The molecule has 0 radical (unpaired) electrons. The van der Waals surface area contributed by atoms with Crippen LogP contribution in [0.4, 0.5) is 0 Å². The normalized spacial score (nSPS) is 20.2. The summed E-state index contributed by atoms with van der Waals surface area (Å²) >= 11 is 6.55. The zero-order valence-corrected chi connectivity index (χ0v) is 16.7. The fourth-order valence-electron chi connectivity index (χ4n) is 3.78. The second-order valence-electron chi connectivity index (χ2n) is 7.51. The van der Waals surface area contributed by atoms with Crippen molar-refractivity contribution in [2.75, 3.05) is 26.3 Å². The average Bonchev–Trinajstić information content (AvgIpc) is 2.60. The molecule has 2 aliphatic heterocycles. The van der Waals surface area contributed by atoms with Crippen LogP contribution in [0.25, 0.3) is 10.9 Å². The molecular weight excluding hydrogens is 346 g/mol. The van der Waals surface area contributed by atoms with Gasteiger partial charge in [0.1, 0.15) is 5.82 Å². The lowest BCUT2D eigenvalue weighted by Gasteiger charge is -2.50. The van der Waals surface area contributed by atoms with Crippen molar-refractivity contribution in [2.24, 2.45) is 0 Å². The highest BCUT2D eigenvalue weighted by atomic mass is 35.5. The summed E-state index contributed by atoms with van der Waals surface area (Å²) in [6, 6.07) is 4.18. The molecule has 0 atom stereocenters. The molecule has 2 aliphatic rings. The molecule has 140 valence electrons. The molecule has 1 aromatic heterocycles. The van der Waals surface area contributed by atoms with Gasteiger partial charge in [-0.2, -0.15) is 0 Å². The van der Waals surface area contributed by atoms with E-state index in [9.17, 15) is 0 Å². The summed E-state index contributed by atoms with van der Waals surface area (Å²) in [5.74, 6) is 1.32. The van der Waals surface area contributed by atoms with Crippen molar-refractivity contribution in [3.63, 3.8) is 0 Å². The first kappa shape index (κ1) is 19.3. The molecule has 0 unspecified atom stereocenters. The Balaban J connectivity index is 0.000000613. The Morgan fingerprint density at radius 3 is 2.54 bits per heavy atom. The Morgan fingerprint density at radius 1 is 1.31 bits per heavy atom. The summed E-state index contributed by atoms with van der Waals surface area (Å²) in [5, 5.41) is 1.86. The zero-order chi connectivity index (χ0) is 18.7. The predicted molar refractivity (Wildman–Crippen MR) is 108 cm³/mol. The van der Waals surface area contributed by atoms with Crippen LogP contribution in [-0.2, 0) is 4.74 Å². The van der Waals surface area contributed by atoms with Gasteiger partial charge in [-0.15, -0.1) is 6.58 Å². The molecule has 2 aromatic rings. The number of hydrogen-bond donors (Lipinski definition) is 0. The van der Waals surface area contributed by atoms with Gasteiger partial charge in [-0.3, -0.25) is 4.90 Å². The van der Waals surface area contributed by atoms with Gasteiger partial charge in [0, 0.05) is 16.6 Å². The summed E-state index contributed by atoms with van der Waals surface area (Å²) in [4.78, 5) is 11.4. The number of benzene rings is 1. The van der Waals surface area contributed by atoms with Gasteiger partial charge < -0.3 is 4.74 Å². The number of rotatable bonds is 2. The molecule has 0 aliphatic carbocycles. The monoisotopic (exact) mass is 373 g/mol. The minimum absolute atomic E-state index is 0.252. The van der Waals surface area contributed by atoms with Gasteiger partial charge in [0.2, 0.25) is 0 Å². The Bertz CT molecular complexity index is 780. The maximum Gasteiger partial charge on any atom is 0.125 e. The second-order valence-corrected chi connectivity index (χ2v) is 7.92. The van der Waals surface area contributed by atoms with E-state index in [1.54, 1.807) is 6.08 Å². The van der Waals surface area contributed by atoms with Gasteiger partial charge in [0.15, 0.2) is 0 Å². The van der Waals surface area contributed by atoms with Gasteiger partial charge in [-0.25, -0.2) is 9.97 Å².